The number of aromatic amines is 1. The molecule has 3 aromatic heterocycles. The first-order valence-electron chi connectivity index (χ1n) is 7.04. The van der Waals surface area contributed by atoms with Crippen molar-refractivity contribution >= 4 is 49.2 Å². The standard InChI is InChI=1S/C16H11ClN4O2S/c17-12-5-6-13(15-10(12)3-1-7-18-15)21-24(22,23)14-9-20-16-11(14)4-2-8-19-16/h1-9,21H,(H,19,20). The second-order valence-corrected chi connectivity index (χ2v) is 7.21. The monoisotopic (exact) mass is 358 g/mol. The number of sulfonamides is 1. The van der Waals surface area contributed by atoms with Gasteiger partial charge in [-0.3, -0.25) is 9.71 Å². The molecule has 0 saturated carbocycles. The zero-order chi connectivity index (χ0) is 16.7. The summed E-state index contributed by atoms with van der Waals surface area (Å²) in [6.07, 6.45) is 4.61. The third kappa shape index (κ3) is 2.38. The minimum Gasteiger partial charge on any atom is -0.345 e. The molecule has 1 aromatic carbocycles. The fourth-order valence-corrected chi connectivity index (χ4v) is 4.02. The van der Waals surface area contributed by atoms with Crippen molar-refractivity contribution in [1.29, 1.82) is 0 Å². The number of aromatic nitrogens is 3. The van der Waals surface area contributed by atoms with Gasteiger partial charge in [0.2, 0.25) is 0 Å². The highest BCUT2D eigenvalue weighted by Crippen LogP contribution is 2.30. The van der Waals surface area contributed by atoms with Crippen LogP contribution in [0.25, 0.3) is 21.9 Å². The zero-order valence-electron chi connectivity index (χ0n) is 12.2. The van der Waals surface area contributed by atoms with E-state index in [1.807, 2.05) is 0 Å². The molecule has 0 fully saturated rings. The molecule has 120 valence electrons. The highest BCUT2D eigenvalue weighted by Gasteiger charge is 2.21. The second kappa shape index (κ2) is 5.47. The number of nitrogens with one attached hydrogen (secondary N) is 2. The van der Waals surface area contributed by atoms with Crippen molar-refractivity contribution in [1.82, 2.24) is 15.0 Å². The Morgan fingerprint density at radius 2 is 1.75 bits per heavy atom. The van der Waals surface area contributed by atoms with Gasteiger partial charge >= 0.3 is 0 Å². The molecular formula is C16H11ClN4O2S. The minimum absolute atomic E-state index is 0.129. The van der Waals surface area contributed by atoms with Crippen LogP contribution in [-0.2, 0) is 10.0 Å². The third-order valence-electron chi connectivity index (χ3n) is 3.66. The third-order valence-corrected chi connectivity index (χ3v) is 5.40. The lowest BCUT2D eigenvalue weighted by molar-refractivity contribution is 0.602. The van der Waals surface area contributed by atoms with Crippen LogP contribution in [0.15, 0.2) is 59.9 Å². The van der Waals surface area contributed by atoms with Crippen LogP contribution < -0.4 is 4.72 Å². The molecule has 0 amide bonds. The second-order valence-electron chi connectivity index (χ2n) is 5.15. The van der Waals surface area contributed by atoms with Crippen LogP contribution >= 0.6 is 11.6 Å². The smallest absolute Gasteiger partial charge is 0.264 e. The normalized spacial score (nSPS) is 11.9. The van der Waals surface area contributed by atoms with Gasteiger partial charge in [-0.25, -0.2) is 13.4 Å². The molecule has 0 radical (unpaired) electrons. The van der Waals surface area contributed by atoms with Crippen molar-refractivity contribution in [2.75, 3.05) is 4.72 Å². The molecule has 6 nitrogen and oxygen atoms in total. The van der Waals surface area contributed by atoms with Crippen molar-refractivity contribution in [3.63, 3.8) is 0 Å². The molecule has 0 saturated heterocycles. The van der Waals surface area contributed by atoms with Gasteiger partial charge in [0, 0.05) is 29.4 Å². The van der Waals surface area contributed by atoms with E-state index in [4.69, 9.17) is 11.6 Å². The number of hydrogen-bond acceptors (Lipinski definition) is 4. The Bertz CT molecular complexity index is 1170. The van der Waals surface area contributed by atoms with Crippen LogP contribution in [0.5, 0.6) is 0 Å². The van der Waals surface area contributed by atoms with Crippen molar-refractivity contribution in [2.24, 2.45) is 0 Å². The van der Waals surface area contributed by atoms with E-state index >= 15 is 0 Å². The fourth-order valence-electron chi connectivity index (χ4n) is 2.57. The molecule has 0 unspecified atom stereocenters. The van der Waals surface area contributed by atoms with Gasteiger partial charge in [0.05, 0.1) is 16.2 Å². The molecule has 0 atom stereocenters. The number of halogens is 1. The van der Waals surface area contributed by atoms with E-state index in [1.165, 1.54) is 6.20 Å². The van der Waals surface area contributed by atoms with Crippen molar-refractivity contribution in [2.45, 2.75) is 4.90 Å². The average molecular weight is 359 g/mol. The first kappa shape index (κ1) is 14.9. The maximum absolute atomic E-state index is 12.8. The summed E-state index contributed by atoms with van der Waals surface area (Å²) in [5.74, 6) is 0. The lowest BCUT2D eigenvalue weighted by Crippen LogP contribution is -2.13. The molecule has 0 spiro atoms. The molecule has 2 N–H and O–H groups in total. The van der Waals surface area contributed by atoms with Crippen molar-refractivity contribution in [3.05, 3.63) is 60.0 Å². The molecule has 0 aliphatic rings. The summed E-state index contributed by atoms with van der Waals surface area (Å²) in [7, 11) is -3.81. The number of benzene rings is 1. The van der Waals surface area contributed by atoms with Crippen LogP contribution in [-0.4, -0.2) is 23.4 Å². The lowest BCUT2D eigenvalue weighted by Gasteiger charge is -2.10. The van der Waals surface area contributed by atoms with Gasteiger partial charge in [0.1, 0.15) is 10.5 Å². The van der Waals surface area contributed by atoms with Crippen LogP contribution in [0.1, 0.15) is 0 Å². The van der Waals surface area contributed by atoms with E-state index in [2.05, 4.69) is 19.7 Å². The number of H-pyrrole nitrogens is 1. The Kier molecular flexibility index (Phi) is 3.40. The van der Waals surface area contributed by atoms with Gasteiger partial charge in [-0.2, -0.15) is 0 Å². The number of nitrogens with zero attached hydrogens (tertiary/aromatic N) is 2. The topological polar surface area (TPSA) is 87.7 Å². The van der Waals surface area contributed by atoms with Crippen LogP contribution in [0.4, 0.5) is 5.69 Å². The number of anilines is 1. The molecule has 4 rings (SSSR count). The molecule has 0 bridgehead atoms. The molecule has 24 heavy (non-hydrogen) atoms. The summed E-state index contributed by atoms with van der Waals surface area (Å²) in [4.78, 5) is 11.3. The highest BCUT2D eigenvalue weighted by atomic mass is 35.5. The average Bonchev–Trinajstić information content (AvgIpc) is 3.03. The summed E-state index contributed by atoms with van der Waals surface area (Å²) in [5.41, 5.74) is 1.37. The van der Waals surface area contributed by atoms with Gasteiger partial charge in [0.25, 0.3) is 10.0 Å². The number of hydrogen-bond donors (Lipinski definition) is 2. The van der Waals surface area contributed by atoms with Gasteiger partial charge < -0.3 is 4.98 Å². The lowest BCUT2D eigenvalue weighted by atomic mass is 10.2. The molecule has 0 aliphatic carbocycles. The first-order valence-corrected chi connectivity index (χ1v) is 8.90. The summed E-state index contributed by atoms with van der Waals surface area (Å²) < 4.78 is 28.2. The zero-order valence-corrected chi connectivity index (χ0v) is 13.8. The maximum atomic E-state index is 12.8. The van der Waals surface area contributed by atoms with E-state index in [0.29, 0.717) is 32.6 Å². The molecule has 8 heteroatoms. The van der Waals surface area contributed by atoms with Gasteiger partial charge in [-0.15, -0.1) is 0 Å². The number of pyridine rings is 2. The van der Waals surface area contributed by atoms with E-state index in [9.17, 15) is 8.42 Å². The number of fused-ring (bicyclic) bond motifs is 2. The molecular weight excluding hydrogens is 348 g/mol. The predicted octanol–water partition coefficient (Wildman–Crippen LogP) is 3.57. The van der Waals surface area contributed by atoms with Crippen LogP contribution in [0.2, 0.25) is 5.02 Å². The van der Waals surface area contributed by atoms with E-state index in [1.54, 1.807) is 48.8 Å². The van der Waals surface area contributed by atoms with Crippen LogP contribution in [0, 0.1) is 0 Å². The molecule has 3 heterocycles. The molecule has 4 aromatic rings. The Labute approximate surface area is 142 Å². The SMILES string of the molecule is O=S(=O)(Nc1ccc(Cl)c2cccnc12)c1c[nH]c2ncccc12. The van der Waals surface area contributed by atoms with E-state index < -0.39 is 10.0 Å². The summed E-state index contributed by atoms with van der Waals surface area (Å²) in [5, 5.41) is 1.72. The maximum Gasteiger partial charge on any atom is 0.264 e. The Morgan fingerprint density at radius 3 is 2.58 bits per heavy atom. The Balaban J connectivity index is 1.84. The Hall–Kier alpha value is -2.64. The first-order chi connectivity index (χ1) is 11.6. The van der Waals surface area contributed by atoms with Gasteiger partial charge in [0.15, 0.2) is 0 Å². The van der Waals surface area contributed by atoms with E-state index in [0.717, 1.165) is 0 Å². The fraction of sp³-hybridized carbons (Fsp3) is 0. The minimum atomic E-state index is -3.81. The van der Waals surface area contributed by atoms with Crippen molar-refractivity contribution < 1.29 is 8.42 Å². The largest absolute Gasteiger partial charge is 0.345 e. The van der Waals surface area contributed by atoms with Gasteiger partial charge in [-0.1, -0.05) is 11.6 Å². The van der Waals surface area contributed by atoms with E-state index in [-0.39, 0.29) is 4.90 Å². The summed E-state index contributed by atoms with van der Waals surface area (Å²) >= 11 is 6.15. The summed E-state index contributed by atoms with van der Waals surface area (Å²) in [6.45, 7) is 0. The number of rotatable bonds is 3. The molecule has 0 aliphatic heterocycles. The Morgan fingerprint density at radius 1 is 1.00 bits per heavy atom. The highest BCUT2D eigenvalue weighted by molar-refractivity contribution is 7.93. The van der Waals surface area contributed by atoms with Crippen molar-refractivity contribution in [3.8, 4) is 0 Å². The summed E-state index contributed by atoms with van der Waals surface area (Å²) in [6, 6.07) is 10.2. The van der Waals surface area contributed by atoms with Gasteiger partial charge in [-0.05, 0) is 36.4 Å². The van der Waals surface area contributed by atoms with Crippen LogP contribution in [0.3, 0.4) is 0 Å². The predicted molar refractivity (Wildman–Crippen MR) is 93.7 cm³/mol. The quantitative estimate of drug-likeness (QED) is 0.586.